The second-order valence-corrected chi connectivity index (χ2v) is 3.19. The van der Waals surface area contributed by atoms with E-state index in [4.69, 9.17) is 17.3 Å². The van der Waals surface area contributed by atoms with Crippen LogP contribution in [-0.2, 0) is 0 Å². The molecule has 2 rings (SSSR count). The van der Waals surface area contributed by atoms with E-state index in [1.54, 1.807) is 6.07 Å². The molecule has 0 bridgehead atoms. The third-order valence-corrected chi connectivity index (χ3v) is 2.05. The molecule has 0 radical (unpaired) electrons. The first-order valence-corrected chi connectivity index (χ1v) is 4.24. The third-order valence-electron chi connectivity index (χ3n) is 1.88. The van der Waals surface area contributed by atoms with Crippen LogP contribution in [0.5, 0.6) is 0 Å². The maximum Gasteiger partial charge on any atom is 0.223 e. The molecule has 0 atom stereocenters. The van der Waals surface area contributed by atoms with Crippen molar-refractivity contribution < 1.29 is 0 Å². The first kappa shape index (κ1) is 8.26. The summed E-state index contributed by atoms with van der Waals surface area (Å²) in [5.41, 5.74) is 7.96. The van der Waals surface area contributed by atoms with Crippen LogP contribution in [0.4, 0.5) is 5.69 Å². The van der Waals surface area contributed by atoms with Gasteiger partial charge in [-0.3, -0.25) is 0 Å². The average molecular weight is 194 g/mol. The van der Waals surface area contributed by atoms with E-state index in [0.717, 1.165) is 16.6 Å². The molecular weight excluding hydrogens is 186 g/mol. The molecule has 1 aromatic heterocycles. The number of benzene rings is 1. The Hall–Kier alpha value is -1.35. The Morgan fingerprint density at radius 3 is 2.85 bits per heavy atom. The van der Waals surface area contributed by atoms with Gasteiger partial charge in [0.25, 0.3) is 0 Å². The maximum atomic E-state index is 5.71. The molecule has 13 heavy (non-hydrogen) atoms. The lowest BCUT2D eigenvalue weighted by atomic mass is 10.2. The molecule has 0 aliphatic carbocycles. The topological polar surface area (TPSA) is 51.8 Å². The minimum Gasteiger partial charge on any atom is -0.399 e. The summed E-state index contributed by atoms with van der Waals surface area (Å²) in [6, 6.07) is 5.51. The van der Waals surface area contributed by atoms with Crippen LogP contribution in [-0.4, -0.2) is 9.97 Å². The SMILES string of the molecule is Cc1nc(Cl)nc2cc(N)ccc12. The van der Waals surface area contributed by atoms with Crippen LogP contribution in [0, 0.1) is 6.92 Å². The van der Waals surface area contributed by atoms with Crippen LogP contribution in [0.1, 0.15) is 5.69 Å². The van der Waals surface area contributed by atoms with Gasteiger partial charge in [-0.1, -0.05) is 0 Å². The molecule has 1 aromatic carbocycles. The highest BCUT2D eigenvalue weighted by Crippen LogP contribution is 2.19. The zero-order valence-electron chi connectivity index (χ0n) is 7.08. The van der Waals surface area contributed by atoms with Crippen molar-refractivity contribution in [3.05, 3.63) is 29.2 Å². The molecule has 0 amide bonds. The van der Waals surface area contributed by atoms with Crippen molar-refractivity contribution in [2.24, 2.45) is 0 Å². The summed E-state index contributed by atoms with van der Waals surface area (Å²) in [5, 5.41) is 1.24. The number of hydrogen-bond acceptors (Lipinski definition) is 3. The Kier molecular flexibility index (Phi) is 1.81. The monoisotopic (exact) mass is 193 g/mol. The van der Waals surface area contributed by atoms with Crippen molar-refractivity contribution >= 4 is 28.2 Å². The molecule has 0 aliphatic heterocycles. The van der Waals surface area contributed by atoms with Gasteiger partial charge < -0.3 is 5.73 Å². The van der Waals surface area contributed by atoms with Crippen LogP contribution in [0.3, 0.4) is 0 Å². The Labute approximate surface area is 80.6 Å². The van der Waals surface area contributed by atoms with Crippen molar-refractivity contribution in [1.82, 2.24) is 9.97 Å². The number of aromatic nitrogens is 2. The second kappa shape index (κ2) is 2.85. The number of halogens is 1. The highest BCUT2D eigenvalue weighted by Gasteiger charge is 2.02. The van der Waals surface area contributed by atoms with Crippen LogP contribution in [0.15, 0.2) is 18.2 Å². The van der Waals surface area contributed by atoms with E-state index in [9.17, 15) is 0 Å². The fraction of sp³-hybridized carbons (Fsp3) is 0.111. The minimum absolute atomic E-state index is 0.260. The number of nitrogen functional groups attached to an aromatic ring is 1. The number of anilines is 1. The predicted octanol–water partition coefficient (Wildman–Crippen LogP) is 2.17. The van der Waals surface area contributed by atoms with E-state index in [-0.39, 0.29) is 5.28 Å². The van der Waals surface area contributed by atoms with Gasteiger partial charge in [0.2, 0.25) is 5.28 Å². The molecule has 0 saturated carbocycles. The number of nitrogens with two attached hydrogens (primary N) is 1. The number of rotatable bonds is 0. The van der Waals surface area contributed by atoms with Crippen molar-refractivity contribution in [2.45, 2.75) is 6.92 Å². The summed E-state index contributed by atoms with van der Waals surface area (Å²) >= 11 is 5.71. The standard InChI is InChI=1S/C9H8ClN3/c1-5-7-3-2-6(11)4-8(7)13-9(10)12-5/h2-4H,11H2,1H3. The van der Waals surface area contributed by atoms with Gasteiger partial charge in [0.15, 0.2) is 0 Å². The van der Waals surface area contributed by atoms with Crippen LogP contribution < -0.4 is 5.73 Å². The summed E-state index contributed by atoms with van der Waals surface area (Å²) in [5.74, 6) is 0. The summed E-state index contributed by atoms with van der Waals surface area (Å²) in [6.45, 7) is 1.89. The van der Waals surface area contributed by atoms with E-state index in [2.05, 4.69) is 9.97 Å². The van der Waals surface area contributed by atoms with Gasteiger partial charge in [0.1, 0.15) is 0 Å². The quantitative estimate of drug-likeness (QED) is 0.515. The van der Waals surface area contributed by atoms with Crippen molar-refractivity contribution in [2.75, 3.05) is 5.73 Å². The molecule has 2 aromatic rings. The van der Waals surface area contributed by atoms with Gasteiger partial charge in [-0.15, -0.1) is 0 Å². The summed E-state index contributed by atoms with van der Waals surface area (Å²) in [7, 11) is 0. The predicted molar refractivity (Wildman–Crippen MR) is 53.7 cm³/mol. The van der Waals surface area contributed by atoms with Crippen molar-refractivity contribution in [3.63, 3.8) is 0 Å². The number of nitrogens with zero attached hydrogens (tertiary/aromatic N) is 2. The number of fused-ring (bicyclic) bond motifs is 1. The van der Waals surface area contributed by atoms with Gasteiger partial charge in [0, 0.05) is 11.1 Å². The molecular formula is C9H8ClN3. The zero-order chi connectivity index (χ0) is 9.42. The first-order valence-electron chi connectivity index (χ1n) is 3.86. The summed E-state index contributed by atoms with van der Waals surface area (Å²) in [6.07, 6.45) is 0. The highest BCUT2D eigenvalue weighted by atomic mass is 35.5. The van der Waals surface area contributed by atoms with E-state index in [0.29, 0.717) is 5.69 Å². The second-order valence-electron chi connectivity index (χ2n) is 2.85. The Balaban J connectivity index is 2.86. The Bertz CT molecular complexity index is 462. The van der Waals surface area contributed by atoms with E-state index < -0.39 is 0 Å². The molecule has 0 unspecified atom stereocenters. The molecule has 66 valence electrons. The smallest absolute Gasteiger partial charge is 0.223 e. The minimum atomic E-state index is 0.260. The first-order chi connectivity index (χ1) is 6.16. The van der Waals surface area contributed by atoms with Gasteiger partial charge in [0.05, 0.1) is 11.2 Å². The van der Waals surface area contributed by atoms with Crippen molar-refractivity contribution in [3.8, 4) is 0 Å². The molecule has 3 nitrogen and oxygen atoms in total. The van der Waals surface area contributed by atoms with Gasteiger partial charge in [-0.2, -0.15) is 0 Å². The van der Waals surface area contributed by atoms with E-state index >= 15 is 0 Å². The van der Waals surface area contributed by atoms with Gasteiger partial charge >= 0.3 is 0 Å². The van der Waals surface area contributed by atoms with Crippen LogP contribution in [0.25, 0.3) is 10.9 Å². The fourth-order valence-electron chi connectivity index (χ4n) is 1.27. The van der Waals surface area contributed by atoms with Gasteiger partial charge in [-0.05, 0) is 36.7 Å². The molecule has 0 spiro atoms. The number of hydrogen-bond donors (Lipinski definition) is 1. The molecule has 0 saturated heterocycles. The lowest BCUT2D eigenvalue weighted by Crippen LogP contribution is -1.91. The summed E-state index contributed by atoms with van der Waals surface area (Å²) in [4.78, 5) is 8.12. The third kappa shape index (κ3) is 1.42. The molecule has 1 heterocycles. The lowest BCUT2D eigenvalue weighted by molar-refractivity contribution is 1.15. The van der Waals surface area contributed by atoms with Gasteiger partial charge in [-0.25, -0.2) is 9.97 Å². The largest absolute Gasteiger partial charge is 0.399 e. The lowest BCUT2D eigenvalue weighted by Gasteiger charge is -2.01. The van der Waals surface area contributed by atoms with E-state index in [1.807, 2.05) is 19.1 Å². The highest BCUT2D eigenvalue weighted by molar-refractivity contribution is 6.28. The number of aryl methyl sites for hydroxylation is 1. The zero-order valence-corrected chi connectivity index (χ0v) is 7.84. The van der Waals surface area contributed by atoms with Crippen LogP contribution in [0.2, 0.25) is 5.28 Å². The van der Waals surface area contributed by atoms with Crippen LogP contribution >= 0.6 is 11.6 Å². The van der Waals surface area contributed by atoms with Crippen molar-refractivity contribution in [1.29, 1.82) is 0 Å². The molecule has 4 heteroatoms. The Morgan fingerprint density at radius 1 is 1.31 bits per heavy atom. The molecule has 0 aliphatic rings. The normalized spacial score (nSPS) is 10.6. The summed E-state index contributed by atoms with van der Waals surface area (Å²) < 4.78 is 0. The van der Waals surface area contributed by atoms with E-state index in [1.165, 1.54) is 0 Å². The molecule has 0 fully saturated rings. The average Bonchev–Trinajstić information content (AvgIpc) is 2.02. The molecule has 2 N–H and O–H groups in total. The maximum absolute atomic E-state index is 5.71. The Morgan fingerprint density at radius 2 is 2.08 bits per heavy atom. The fourth-order valence-corrected chi connectivity index (χ4v) is 1.49.